The molecule has 0 radical (unpaired) electrons. The number of hydrogen-bond acceptors (Lipinski definition) is 3. The van der Waals surface area contributed by atoms with Crippen molar-refractivity contribution in [1.82, 2.24) is 0 Å². The smallest absolute Gasteiger partial charge is 0.432 e. The van der Waals surface area contributed by atoms with E-state index < -0.39 is 24.2 Å². The Morgan fingerprint density at radius 1 is 1.13 bits per heavy atom. The molecule has 8 heteroatoms. The molecule has 3 rings (SSSR count). The molecule has 3 nitrogen and oxygen atoms in total. The van der Waals surface area contributed by atoms with Crippen LogP contribution in [0.3, 0.4) is 0 Å². The van der Waals surface area contributed by atoms with Gasteiger partial charge < -0.3 is 9.47 Å². The summed E-state index contributed by atoms with van der Waals surface area (Å²) in [7, 11) is 0. The van der Waals surface area contributed by atoms with Crippen molar-refractivity contribution in [2.75, 3.05) is 0 Å². The number of ether oxygens (including phenoxy) is 2. The highest BCUT2D eigenvalue weighted by atomic mass is 35.5. The molecule has 30 heavy (non-hydrogen) atoms. The lowest BCUT2D eigenvalue weighted by Gasteiger charge is -2.32. The van der Waals surface area contributed by atoms with Crippen LogP contribution in [0, 0.1) is 6.92 Å². The lowest BCUT2D eigenvalue weighted by atomic mass is 9.85. The zero-order valence-electron chi connectivity index (χ0n) is 16.4. The maximum Gasteiger partial charge on any atom is 0.432 e. The zero-order chi connectivity index (χ0) is 22.3. The molecular formula is C22H19Cl2F3O3. The van der Waals surface area contributed by atoms with Crippen molar-refractivity contribution in [1.29, 1.82) is 0 Å². The first kappa shape index (κ1) is 22.5. The zero-order valence-corrected chi connectivity index (χ0v) is 18.0. The van der Waals surface area contributed by atoms with Crippen LogP contribution in [0.1, 0.15) is 47.3 Å². The van der Waals surface area contributed by atoms with Gasteiger partial charge in [-0.1, -0.05) is 35.3 Å². The van der Waals surface area contributed by atoms with Crippen molar-refractivity contribution in [3.05, 3.63) is 75.0 Å². The average molecular weight is 459 g/mol. The Hall–Kier alpha value is -2.18. The minimum atomic E-state index is -4.71. The summed E-state index contributed by atoms with van der Waals surface area (Å²) in [6.07, 6.45) is -4.35. The second-order valence-electron chi connectivity index (χ2n) is 7.40. The first-order valence-corrected chi connectivity index (χ1v) is 9.91. The number of alkyl halides is 3. The molecule has 1 atom stereocenters. The highest BCUT2D eigenvalue weighted by Gasteiger charge is 2.60. The van der Waals surface area contributed by atoms with Crippen molar-refractivity contribution in [3.63, 3.8) is 0 Å². The van der Waals surface area contributed by atoms with E-state index in [9.17, 15) is 18.0 Å². The van der Waals surface area contributed by atoms with Crippen molar-refractivity contribution in [3.8, 4) is 0 Å². The van der Waals surface area contributed by atoms with Crippen LogP contribution in [0.5, 0.6) is 0 Å². The van der Waals surface area contributed by atoms with Gasteiger partial charge in [0.05, 0.1) is 17.9 Å². The number of esters is 1. The molecule has 0 aliphatic carbocycles. The molecule has 0 saturated heterocycles. The largest absolute Gasteiger partial charge is 0.480 e. The Kier molecular flexibility index (Phi) is 6.12. The van der Waals surface area contributed by atoms with E-state index in [1.54, 1.807) is 39.0 Å². The van der Waals surface area contributed by atoms with E-state index in [4.69, 9.17) is 32.7 Å². The van der Waals surface area contributed by atoms with E-state index in [-0.39, 0.29) is 21.7 Å². The maximum absolute atomic E-state index is 14.1. The molecule has 0 N–H and O–H groups in total. The first-order chi connectivity index (χ1) is 13.9. The number of carbonyl (C=O) groups is 1. The molecule has 1 aliphatic rings. The van der Waals surface area contributed by atoms with Crippen LogP contribution in [0.2, 0.25) is 10.0 Å². The fraction of sp³-hybridized carbons (Fsp3) is 0.318. The third kappa shape index (κ3) is 4.30. The number of aryl methyl sites for hydroxylation is 1. The van der Waals surface area contributed by atoms with E-state index in [0.29, 0.717) is 22.3 Å². The molecule has 1 heterocycles. The Morgan fingerprint density at radius 2 is 1.77 bits per heavy atom. The predicted octanol–water partition coefficient (Wildman–Crippen LogP) is 7.09. The highest BCUT2D eigenvalue weighted by molar-refractivity contribution is 6.34. The first-order valence-electron chi connectivity index (χ1n) is 9.15. The molecule has 1 aliphatic heterocycles. The molecule has 2 aromatic carbocycles. The van der Waals surface area contributed by atoms with Gasteiger partial charge in [-0.25, -0.2) is 4.79 Å². The summed E-state index contributed by atoms with van der Waals surface area (Å²) >= 11 is 11.9. The Balaban J connectivity index is 1.95. The molecule has 0 amide bonds. The fourth-order valence-electron chi connectivity index (χ4n) is 3.35. The van der Waals surface area contributed by atoms with Crippen LogP contribution in [0.15, 0.2) is 42.7 Å². The number of halogens is 5. The van der Waals surface area contributed by atoms with E-state index in [0.717, 1.165) is 6.26 Å². The molecule has 0 aromatic heterocycles. The van der Waals surface area contributed by atoms with Gasteiger partial charge in [0.15, 0.2) is 0 Å². The monoisotopic (exact) mass is 458 g/mol. The van der Waals surface area contributed by atoms with Gasteiger partial charge in [-0.3, -0.25) is 0 Å². The maximum atomic E-state index is 14.1. The molecule has 1 unspecified atom stereocenters. The summed E-state index contributed by atoms with van der Waals surface area (Å²) < 4.78 is 52.8. The molecule has 0 spiro atoms. The van der Waals surface area contributed by atoms with Crippen molar-refractivity contribution >= 4 is 34.7 Å². The van der Waals surface area contributed by atoms with Gasteiger partial charge in [0.2, 0.25) is 5.60 Å². The number of rotatable bonds is 4. The second kappa shape index (κ2) is 8.16. The van der Waals surface area contributed by atoms with Crippen LogP contribution >= 0.6 is 23.2 Å². The molecule has 0 saturated carbocycles. The summed E-state index contributed by atoms with van der Waals surface area (Å²) in [4.78, 5) is 12.2. The van der Waals surface area contributed by atoms with E-state index in [1.165, 1.54) is 18.2 Å². The number of carbonyl (C=O) groups excluding carboxylic acids is 1. The molecule has 0 bridgehead atoms. The number of hydrogen-bond donors (Lipinski definition) is 0. The molecule has 160 valence electrons. The van der Waals surface area contributed by atoms with Gasteiger partial charge in [-0.2, -0.15) is 13.2 Å². The van der Waals surface area contributed by atoms with Gasteiger partial charge in [-0.15, -0.1) is 0 Å². The third-order valence-electron chi connectivity index (χ3n) is 4.79. The summed E-state index contributed by atoms with van der Waals surface area (Å²) in [6, 6.07) is 8.53. The van der Waals surface area contributed by atoms with Crippen LogP contribution in [0.4, 0.5) is 13.2 Å². The van der Waals surface area contributed by atoms with Crippen molar-refractivity contribution < 1.29 is 27.4 Å². The van der Waals surface area contributed by atoms with Crippen LogP contribution in [-0.4, -0.2) is 18.2 Å². The number of benzene rings is 2. The van der Waals surface area contributed by atoms with Crippen LogP contribution in [-0.2, 0) is 15.1 Å². The van der Waals surface area contributed by atoms with Gasteiger partial charge in [0, 0.05) is 22.0 Å². The van der Waals surface area contributed by atoms with Crippen molar-refractivity contribution in [2.24, 2.45) is 0 Å². The summed E-state index contributed by atoms with van der Waals surface area (Å²) in [5.41, 5.74) is -0.958. The summed E-state index contributed by atoms with van der Waals surface area (Å²) in [6.45, 7) is 5.17. The van der Waals surface area contributed by atoms with Gasteiger partial charge in [0.1, 0.15) is 0 Å². The topological polar surface area (TPSA) is 35.5 Å². The Labute approximate surface area is 182 Å². The minimum absolute atomic E-state index is 0.0852. The van der Waals surface area contributed by atoms with Gasteiger partial charge in [-0.05, 0) is 61.7 Å². The van der Waals surface area contributed by atoms with Gasteiger partial charge in [0.25, 0.3) is 0 Å². The normalized spacial score (nSPS) is 18.9. The summed E-state index contributed by atoms with van der Waals surface area (Å²) in [5.74, 6) is -0.482. The summed E-state index contributed by atoms with van der Waals surface area (Å²) in [5, 5.41) is 0.170. The van der Waals surface area contributed by atoms with E-state index >= 15 is 0 Å². The quantitative estimate of drug-likeness (QED) is 0.458. The van der Waals surface area contributed by atoms with E-state index in [2.05, 4.69) is 0 Å². The minimum Gasteiger partial charge on any atom is -0.480 e. The molecule has 0 fully saturated rings. The van der Waals surface area contributed by atoms with Crippen LogP contribution < -0.4 is 0 Å². The highest BCUT2D eigenvalue weighted by Crippen LogP contribution is 2.52. The van der Waals surface area contributed by atoms with E-state index in [1.807, 2.05) is 0 Å². The Morgan fingerprint density at radius 3 is 2.30 bits per heavy atom. The molecular weight excluding hydrogens is 440 g/mol. The van der Waals surface area contributed by atoms with Crippen LogP contribution in [0.25, 0.3) is 5.57 Å². The lowest BCUT2D eigenvalue weighted by molar-refractivity contribution is -0.260. The Bertz CT molecular complexity index is 995. The van der Waals surface area contributed by atoms with Crippen molar-refractivity contribution in [2.45, 2.75) is 45.1 Å². The SMILES string of the molecule is Cc1cc(C2=COC(c3cc(Cl)cc(Cl)c3)(C(F)(F)F)C2)ccc1C(=O)OC(C)C. The standard InChI is InChI=1S/C22H19Cl2F3O3/c1-12(2)30-20(28)19-5-4-14(6-13(19)3)15-10-21(29-11-15,22(25,26)27)16-7-17(23)9-18(24)8-16/h4-9,11-12H,10H2,1-3H3. The fourth-order valence-corrected chi connectivity index (χ4v) is 3.88. The third-order valence-corrected chi connectivity index (χ3v) is 5.22. The molecule has 2 aromatic rings. The predicted molar refractivity (Wildman–Crippen MR) is 110 cm³/mol. The van der Waals surface area contributed by atoms with Gasteiger partial charge >= 0.3 is 12.1 Å². The second-order valence-corrected chi connectivity index (χ2v) is 8.28. The lowest BCUT2D eigenvalue weighted by Crippen LogP contribution is -2.42. The average Bonchev–Trinajstić information content (AvgIpc) is 3.06.